The fourth-order valence-corrected chi connectivity index (χ4v) is 2.82. The van der Waals surface area contributed by atoms with Crippen molar-refractivity contribution in [1.82, 2.24) is 0 Å². The molecule has 3 nitrogen and oxygen atoms in total. The van der Waals surface area contributed by atoms with Gasteiger partial charge in [0.15, 0.2) is 0 Å². The number of rotatable bonds is 3. The molecule has 0 heterocycles. The molecule has 1 aliphatic carbocycles. The second kappa shape index (κ2) is 4.90. The SMILES string of the molecule is Cc1cc(C)c(NC(=O)C2(CN)CCC2)c(Cl)c1. The van der Waals surface area contributed by atoms with E-state index in [1.807, 2.05) is 26.0 Å². The van der Waals surface area contributed by atoms with Crippen LogP contribution >= 0.6 is 11.6 Å². The van der Waals surface area contributed by atoms with E-state index >= 15 is 0 Å². The zero-order chi connectivity index (χ0) is 13.3. The molecule has 1 amide bonds. The molecule has 0 bridgehead atoms. The molecule has 98 valence electrons. The Bertz CT molecular complexity index is 452. The van der Waals surface area contributed by atoms with E-state index in [2.05, 4.69) is 5.32 Å². The average Bonchev–Trinajstić information content (AvgIpc) is 2.22. The van der Waals surface area contributed by atoms with E-state index in [1.165, 1.54) is 0 Å². The van der Waals surface area contributed by atoms with Crippen molar-refractivity contribution in [2.75, 3.05) is 11.9 Å². The van der Waals surface area contributed by atoms with Gasteiger partial charge < -0.3 is 11.1 Å². The third-order valence-electron chi connectivity index (χ3n) is 3.85. The Morgan fingerprint density at radius 1 is 1.44 bits per heavy atom. The lowest BCUT2D eigenvalue weighted by atomic mass is 9.68. The number of aryl methyl sites for hydroxylation is 2. The maximum Gasteiger partial charge on any atom is 0.231 e. The second-order valence-corrected chi connectivity index (χ2v) is 5.64. The van der Waals surface area contributed by atoms with Crippen molar-refractivity contribution in [2.45, 2.75) is 33.1 Å². The van der Waals surface area contributed by atoms with Gasteiger partial charge in [0.1, 0.15) is 0 Å². The van der Waals surface area contributed by atoms with Crippen LogP contribution in [0.4, 0.5) is 5.69 Å². The van der Waals surface area contributed by atoms with Crippen molar-refractivity contribution >= 4 is 23.2 Å². The number of halogens is 1. The molecule has 0 aliphatic heterocycles. The predicted molar refractivity (Wildman–Crippen MR) is 74.9 cm³/mol. The molecule has 18 heavy (non-hydrogen) atoms. The van der Waals surface area contributed by atoms with E-state index in [0.29, 0.717) is 17.3 Å². The first-order valence-corrected chi connectivity index (χ1v) is 6.64. The number of carbonyl (C=O) groups is 1. The quantitative estimate of drug-likeness (QED) is 0.884. The van der Waals surface area contributed by atoms with E-state index in [-0.39, 0.29) is 11.3 Å². The van der Waals surface area contributed by atoms with Gasteiger partial charge in [0.05, 0.1) is 16.1 Å². The molecular formula is C14H19ClN2O. The van der Waals surface area contributed by atoms with Crippen LogP contribution in [0.2, 0.25) is 5.02 Å². The summed E-state index contributed by atoms with van der Waals surface area (Å²) < 4.78 is 0. The standard InChI is InChI=1S/C14H19ClN2O/c1-9-6-10(2)12(11(15)7-9)17-13(18)14(8-16)4-3-5-14/h6-7H,3-5,8,16H2,1-2H3,(H,17,18). The van der Waals surface area contributed by atoms with Gasteiger partial charge in [0, 0.05) is 6.54 Å². The topological polar surface area (TPSA) is 55.1 Å². The minimum atomic E-state index is -0.374. The van der Waals surface area contributed by atoms with Crippen molar-refractivity contribution in [3.8, 4) is 0 Å². The Morgan fingerprint density at radius 2 is 2.11 bits per heavy atom. The number of anilines is 1. The highest BCUT2D eigenvalue weighted by molar-refractivity contribution is 6.34. The molecule has 1 aromatic rings. The highest BCUT2D eigenvalue weighted by Gasteiger charge is 2.43. The van der Waals surface area contributed by atoms with Crippen LogP contribution in [0.25, 0.3) is 0 Å². The fourth-order valence-electron chi connectivity index (χ4n) is 2.45. The van der Waals surface area contributed by atoms with Gasteiger partial charge in [-0.3, -0.25) is 4.79 Å². The largest absolute Gasteiger partial charge is 0.329 e. The molecular weight excluding hydrogens is 248 g/mol. The third kappa shape index (κ3) is 2.25. The van der Waals surface area contributed by atoms with Gasteiger partial charge in [0.2, 0.25) is 5.91 Å². The molecule has 0 spiro atoms. The summed E-state index contributed by atoms with van der Waals surface area (Å²) in [7, 11) is 0. The molecule has 4 heteroatoms. The number of carbonyl (C=O) groups excluding carboxylic acids is 1. The van der Waals surface area contributed by atoms with Crippen LogP contribution in [0.1, 0.15) is 30.4 Å². The van der Waals surface area contributed by atoms with E-state index < -0.39 is 0 Å². The van der Waals surface area contributed by atoms with Gasteiger partial charge in [-0.05, 0) is 43.9 Å². The van der Waals surface area contributed by atoms with Gasteiger partial charge in [-0.25, -0.2) is 0 Å². The first-order chi connectivity index (χ1) is 8.48. The minimum Gasteiger partial charge on any atom is -0.329 e. The summed E-state index contributed by atoms with van der Waals surface area (Å²) in [6.07, 6.45) is 2.82. The Kier molecular flexibility index (Phi) is 3.64. The van der Waals surface area contributed by atoms with Crippen LogP contribution in [-0.2, 0) is 4.79 Å². The summed E-state index contributed by atoms with van der Waals surface area (Å²) in [4.78, 5) is 12.3. The summed E-state index contributed by atoms with van der Waals surface area (Å²) in [5.41, 5.74) is 8.15. The maximum atomic E-state index is 12.3. The predicted octanol–water partition coefficient (Wildman–Crippen LogP) is 3.02. The van der Waals surface area contributed by atoms with Gasteiger partial charge >= 0.3 is 0 Å². The molecule has 1 fully saturated rings. The minimum absolute atomic E-state index is 0.00473. The maximum absolute atomic E-state index is 12.3. The molecule has 0 radical (unpaired) electrons. The lowest BCUT2D eigenvalue weighted by Crippen LogP contribution is -2.47. The third-order valence-corrected chi connectivity index (χ3v) is 4.15. The Labute approximate surface area is 113 Å². The number of nitrogens with one attached hydrogen (secondary N) is 1. The van der Waals surface area contributed by atoms with Crippen LogP contribution in [0.3, 0.4) is 0 Å². The Morgan fingerprint density at radius 3 is 2.56 bits per heavy atom. The van der Waals surface area contributed by atoms with Crippen LogP contribution in [-0.4, -0.2) is 12.5 Å². The summed E-state index contributed by atoms with van der Waals surface area (Å²) in [5.74, 6) is 0.00473. The van der Waals surface area contributed by atoms with Crippen LogP contribution in [0.5, 0.6) is 0 Å². The number of amides is 1. The highest BCUT2D eigenvalue weighted by atomic mass is 35.5. The van der Waals surface area contributed by atoms with E-state index in [4.69, 9.17) is 17.3 Å². The molecule has 1 aliphatic rings. The van der Waals surface area contributed by atoms with E-state index in [1.54, 1.807) is 0 Å². The smallest absolute Gasteiger partial charge is 0.231 e. The highest BCUT2D eigenvalue weighted by Crippen LogP contribution is 2.41. The number of benzene rings is 1. The molecule has 0 aromatic heterocycles. The van der Waals surface area contributed by atoms with Crippen molar-refractivity contribution in [2.24, 2.45) is 11.1 Å². The van der Waals surface area contributed by atoms with E-state index in [0.717, 1.165) is 30.4 Å². The van der Waals surface area contributed by atoms with E-state index in [9.17, 15) is 4.79 Å². The van der Waals surface area contributed by atoms with Crippen LogP contribution in [0, 0.1) is 19.3 Å². The normalized spacial score (nSPS) is 17.1. The second-order valence-electron chi connectivity index (χ2n) is 5.23. The molecule has 1 aromatic carbocycles. The zero-order valence-electron chi connectivity index (χ0n) is 10.8. The molecule has 0 unspecified atom stereocenters. The lowest BCUT2D eigenvalue weighted by Gasteiger charge is -2.39. The Hall–Kier alpha value is -1.06. The van der Waals surface area contributed by atoms with Gasteiger partial charge in [-0.2, -0.15) is 0 Å². The van der Waals surface area contributed by atoms with Crippen molar-refractivity contribution in [1.29, 1.82) is 0 Å². The van der Waals surface area contributed by atoms with Crippen LogP contribution in [0.15, 0.2) is 12.1 Å². The van der Waals surface area contributed by atoms with Crippen LogP contribution < -0.4 is 11.1 Å². The summed E-state index contributed by atoms with van der Waals surface area (Å²) in [5, 5.41) is 3.54. The molecule has 3 N–H and O–H groups in total. The van der Waals surface area contributed by atoms with Crippen molar-refractivity contribution in [3.63, 3.8) is 0 Å². The lowest BCUT2D eigenvalue weighted by molar-refractivity contribution is -0.129. The summed E-state index contributed by atoms with van der Waals surface area (Å²) >= 11 is 6.19. The van der Waals surface area contributed by atoms with Gasteiger partial charge in [-0.15, -0.1) is 0 Å². The van der Waals surface area contributed by atoms with Gasteiger partial charge in [-0.1, -0.05) is 24.1 Å². The van der Waals surface area contributed by atoms with Gasteiger partial charge in [0.25, 0.3) is 0 Å². The fraction of sp³-hybridized carbons (Fsp3) is 0.500. The first kappa shape index (κ1) is 13.4. The van der Waals surface area contributed by atoms with Crippen molar-refractivity contribution in [3.05, 3.63) is 28.3 Å². The molecule has 1 saturated carbocycles. The number of nitrogens with two attached hydrogens (primary N) is 1. The zero-order valence-corrected chi connectivity index (χ0v) is 11.6. The Balaban J connectivity index is 2.22. The van der Waals surface area contributed by atoms with Crippen molar-refractivity contribution < 1.29 is 4.79 Å². The number of hydrogen-bond acceptors (Lipinski definition) is 2. The molecule has 2 rings (SSSR count). The average molecular weight is 267 g/mol. The molecule has 0 saturated heterocycles. The summed E-state index contributed by atoms with van der Waals surface area (Å²) in [6, 6.07) is 3.87. The first-order valence-electron chi connectivity index (χ1n) is 6.27. The number of hydrogen-bond donors (Lipinski definition) is 2. The molecule has 0 atom stereocenters. The summed E-state index contributed by atoms with van der Waals surface area (Å²) in [6.45, 7) is 4.34. The monoisotopic (exact) mass is 266 g/mol.